The standard InChI is InChI=1S/C13H12ClN3/c1-9-13(14)17(10(2)16-9)8-12-5-3-11(7-15)4-6-12/h3-6H,8H2,1-2H3. The molecule has 1 aromatic carbocycles. The van der Waals surface area contributed by atoms with Crippen molar-refractivity contribution in [3.63, 3.8) is 0 Å². The summed E-state index contributed by atoms with van der Waals surface area (Å²) in [6, 6.07) is 9.58. The molecule has 0 spiro atoms. The summed E-state index contributed by atoms with van der Waals surface area (Å²) in [5.41, 5.74) is 2.61. The van der Waals surface area contributed by atoms with Gasteiger partial charge in [0.1, 0.15) is 11.0 Å². The predicted octanol–water partition coefficient (Wildman–Crippen LogP) is 3.07. The van der Waals surface area contributed by atoms with Crippen molar-refractivity contribution in [1.29, 1.82) is 5.26 Å². The summed E-state index contributed by atoms with van der Waals surface area (Å²) >= 11 is 6.17. The quantitative estimate of drug-likeness (QED) is 0.816. The Morgan fingerprint density at radius 3 is 2.41 bits per heavy atom. The minimum atomic E-state index is 0.665. The number of aromatic nitrogens is 2. The minimum Gasteiger partial charge on any atom is -0.315 e. The second kappa shape index (κ2) is 4.60. The van der Waals surface area contributed by atoms with Crippen molar-refractivity contribution in [2.45, 2.75) is 20.4 Å². The first-order valence-electron chi connectivity index (χ1n) is 5.30. The number of hydrogen-bond donors (Lipinski definition) is 0. The largest absolute Gasteiger partial charge is 0.315 e. The monoisotopic (exact) mass is 245 g/mol. The van der Waals surface area contributed by atoms with Gasteiger partial charge in [-0.2, -0.15) is 5.26 Å². The highest BCUT2D eigenvalue weighted by Crippen LogP contribution is 2.18. The smallest absolute Gasteiger partial charge is 0.132 e. The van der Waals surface area contributed by atoms with Crippen LogP contribution >= 0.6 is 11.6 Å². The third-order valence-corrected chi connectivity index (χ3v) is 3.16. The summed E-state index contributed by atoms with van der Waals surface area (Å²) in [4.78, 5) is 4.32. The molecule has 3 nitrogen and oxygen atoms in total. The molecule has 2 aromatic rings. The third-order valence-electron chi connectivity index (χ3n) is 2.68. The molecule has 0 saturated carbocycles. The normalized spacial score (nSPS) is 10.2. The molecule has 0 atom stereocenters. The van der Waals surface area contributed by atoms with Gasteiger partial charge in [0.2, 0.25) is 0 Å². The molecule has 1 heterocycles. The van der Waals surface area contributed by atoms with Crippen LogP contribution in [0.5, 0.6) is 0 Å². The molecule has 0 fully saturated rings. The Morgan fingerprint density at radius 1 is 1.29 bits per heavy atom. The minimum absolute atomic E-state index is 0.665. The lowest BCUT2D eigenvalue weighted by Crippen LogP contribution is -2.02. The summed E-state index contributed by atoms with van der Waals surface area (Å²) in [7, 11) is 0. The van der Waals surface area contributed by atoms with Crippen LogP contribution in [0.15, 0.2) is 24.3 Å². The van der Waals surface area contributed by atoms with Crippen molar-refractivity contribution < 1.29 is 0 Å². The maximum absolute atomic E-state index is 8.72. The van der Waals surface area contributed by atoms with E-state index >= 15 is 0 Å². The van der Waals surface area contributed by atoms with Crippen LogP contribution in [0.4, 0.5) is 0 Å². The van der Waals surface area contributed by atoms with Crippen molar-refractivity contribution in [2.24, 2.45) is 0 Å². The van der Waals surface area contributed by atoms with Gasteiger partial charge in [0.15, 0.2) is 0 Å². The number of aryl methyl sites for hydroxylation is 2. The molecule has 0 aliphatic heterocycles. The van der Waals surface area contributed by atoms with Gasteiger partial charge < -0.3 is 4.57 Å². The lowest BCUT2D eigenvalue weighted by Gasteiger charge is -2.06. The maximum atomic E-state index is 8.72. The first kappa shape index (κ1) is 11.7. The van der Waals surface area contributed by atoms with Gasteiger partial charge in [0.25, 0.3) is 0 Å². The van der Waals surface area contributed by atoms with Crippen LogP contribution in [0, 0.1) is 25.2 Å². The Labute approximate surface area is 105 Å². The molecule has 4 heteroatoms. The molecule has 0 aliphatic carbocycles. The van der Waals surface area contributed by atoms with Crippen molar-refractivity contribution in [3.8, 4) is 6.07 Å². The van der Waals surface area contributed by atoms with Crippen molar-refractivity contribution in [2.75, 3.05) is 0 Å². The molecule has 0 radical (unpaired) electrons. The van der Waals surface area contributed by atoms with E-state index < -0.39 is 0 Å². The highest BCUT2D eigenvalue weighted by atomic mass is 35.5. The van der Waals surface area contributed by atoms with Crippen LogP contribution < -0.4 is 0 Å². The molecular formula is C13H12ClN3. The topological polar surface area (TPSA) is 41.6 Å². The summed E-state index contributed by atoms with van der Waals surface area (Å²) in [6.07, 6.45) is 0. The van der Waals surface area contributed by atoms with E-state index in [0.717, 1.165) is 17.1 Å². The molecular weight excluding hydrogens is 234 g/mol. The van der Waals surface area contributed by atoms with Crippen molar-refractivity contribution in [1.82, 2.24) is 9.55 Å². The number of nitrogens with zero attached hydrogens (tertiary/aromatic N) is 3. The number of imidazole rings is 1. The Bertz CT molecular complexity index is 576. The molecule has 0 unspecified atom stereocenters. The zero-order valence-corrected chi connectivity index (χ0v) is 10.5. The SMILES string of the molecule is Cc1nc(C)n(Cc2ccc(C#N)cc2)c1Cl. The van der Waals surface area contributed by atoms with E-state index in [9.17, 15) is 0 Å². The fourth-order valence-electron chi connectivity index (χ4n) is 1.74. The molecule has 0 N–H and O–H groups in total. The summed E-state index contributed by atoms with van der Waals surface area (Å²) in [5.74, 6) is 0.900. The summed E-state index contributed by atoms with van der Waals surface area (Å²) < 4.78 is 1.96. The summed E-state index contributed by atoms with van der Waals surface area (Å²) in [5, 5.41) is 9.40. The molecule has 2 rings (SSSR count). The van der Waals surface area contributed by atoms with Crippen LogP contribution in [0.25, 0.3) is 0 Å². The number of nitriles is 1. The Hall–Kier alpha value is -1.79. The van der Waals surface area contributed by atoms with Crippen LogP contribution in [0.2, 0.25) is 5.15 Å². The first-order chi connectivity index (χ1) is 8.11. The van der Waals surface area contributed by atoms with E-state index in [4.69, 9.17) is 16.9 Å². The molecule has 0 aliphatic rings. The van der Waals surface area contributed by atoms with E-state index in [0.29, 0.717) is 17.3 Å². The highest BCUT2D eigenvalue weighted by Gasteiger charge is 2.09. The van der Waals surface area contributed by atoms with Gasteiger partial charge in [-0.05, 0) is 31.5 Å². The van der Waals surface area contributed by atoms with Crippen LogP contribution in [-0.4, -0.2) is 9.55 Å². The third kappa shape index (κ3) is 2.32. The van der Waals surface area contributed by atoms with Gasteiger partial charge >= 0.3 is 0 Å². The van der Waals surface area contributed by atoms with Crippen LogP contribution in [0.3, 0.4) is 0 Å². The van der Waals surface area contributed by atoms with Gasteiger partial charge in [-0.25, -0.2) is 4.98 Å². The van der Waals surface area contributed by atoms with Gasteiger partial charge in [0.05, 0.1) is 23.9 Å². The summed E-state index contributed by atoms with van der Waals surface area (Å²) in [6.45, 7) is 4.50. The maximum Gasteiger partial charge on any atom is 0.132 e. The number of rotatable bonds is 2. The zero-order chi connectivity index (χ0) is 12.4. The van der Waals surface area contributed by atoms with Gasteiger partial charge in [-0.15, -0.1) is 0 Å². The fourth-order valence-corrected chi connectivity index (χ4v) is 1.96. The molecule has 0 amide bonds. The van der Waals surface area contributed by atoms with Crippen molar-refractivity contribution >= 4 is 11.6 Å². The van der Waals surface area contributed by atoms with Gasteiger partial charge in [-0.3, -0.25) is 0 Å². The van der Waals surface area contributed by atoms with Crippen LogP contribution in [0.1, 0.15) is 22.6 Å². The zero-order valence-electron chi connectivity index (χ0n) is 9.74. The lowest BCUT2D eigenvalue weighted by molar-refractivity contribution is 0.762. The van der Waals surface area contributed by atoms with Crippen LogP contribution in [-0.2, 0) is 6.54 Å². The average molecular weight is 246 g/mol. The first-order valence-corrected chi connectivity index (χ1v) is 5.68. The number of halogens is 1. The van der Waals surface area contributed by atoms with E-state index in [2.05, 4.69) is 11.1 Å². The molecule has 1 aromatic heterocycles. The number of hydrogen-bond acceptors (Lipinski definition) is 2. The molecule has 0 saturated heterocycles. The average Bonchev–Trinajstić information content (AvgIpc) is 2.57. The van der Waals surface area contributed by atoms with E-state index in [1.54, 1.807) is 0 Å². The van der Waals surface area contributed by atoms with E-state index in [-0.39, 0.29) is 0 Å². The Balaban J connectivity index is 2.29. The van der Waals surface area contributed by atoms with E-state index in [1.807, 2.05) is 42.7 Å². The lowest BCUT2D eigenvalue weighted by atomic mass is 10.1. The van der Waals surface area contributed by atoms with E-state index in [1.165, 1.54) is 0 Å². The van der Waals surface area contributed by atoms with Crippen molar-refractivity contribution in [3.05, 3.63) is 52.1 Å². The number of benzene rings is 1. The second-order valence-corrected chi connectivity index (χ2v) is 4.29. The predicted molar refractivity (Wildman–Crippen MR) is 67.0 cm³/mol. The van der Waals surface area contributed by atoms with Gasteiger partial charge in [0, 0.05) is 0 Å². The fraction of sp³-hybridized carbons (Fsp3) is 0.231. The second-order valence-electron chi connectivity index (χ2n) is 3.93. The molecule has 86 valence electrons. The molecule has 0 bridgehead atoms. The Kier molecular flexibility index (Phi) is 3.16. The Morgan fingerprint density at radius 2 is 1.94 bits per heavy atom. The highest BCUT2D eigenvalue weighted by molar-refractivity contribution is 6.30. The molecule has 17 heavy (non-hydrogen) atoms. The van der Waals surface area contributed by atoms with Gasteiger partial charge in [-0.1, -0.05) is 23.7 Å².